The normalized spacial score (nSPS) is 10.9. The molecule has 1 amide bonds. The number of carbonyl (C=O) groups excluding carboxylic acids is 1. The summed E-state index contributed by atoms with van der Waals surface area (Å²) in [6, 6.07) is 14.4. The first-order chi connectivity index (χ1) is 12.5. The van der Waals surface area contributed by atoms with E-state index in [-0.39, 0.29) is 11.5 Å². The number of hydrogen-bond donors (Lipinski definition) is 1. The molecule has 0 aliphatic heterocycles. The van der Waals surface area contributed by atoms with Crippen molar-refractivity contribution < 1.29 is 9.53 Å². The Bertz CT molecular complexity index is 857. The van der Waals surface area contributed by atoms with Gasteiger partial charge in [0.15, 0.2) is 0 Å². The van der Waals surface area contributed by atoms with Gasteiger partial charge in [-0.1, -0.05) is 48.3 Å². The van der Waals surface area contributed by atoms with Crippen molar-refractivity contribution in [3.63, 3.8) is 0 Å². The maximum Gasteiger partial charge on any atom is 0.261 e. The van der Waals surface area contributed by atoms with Gasteiger partial charge in [-0.3, -0.25) is 4.79 Å². The zero-order valence-corrected chi connectivity index (χ0v) is 15.8. The number of halogens is 2. The largest absolute Gasteiger partial charge is 0.489 e. The Morgan fingerprint density at radius 1 is 1.23 bits per heavy atom. The number of ether oxygens (including phenoxy) is 1. The monoisotopic (exact) mass is 388 g/mol. The number of nitrogens with zero attached hydrogens (tertiary/aromatic N) is 1. The van der Waals surface area contributed by atoms with Crippen LogP contribution < -0.4 is 10.1 Å². The van der Waals surface area contributed by atoms with E-state index in [1.54, 1.807) is 36.4 Å². The summed E-state index contributed by atoms with van der Waals surface area (Å²) in [5.74, 6) is 0.243. The minimum Gasteiger partial charge on any atom is -0.489 e. The molecular formula is C20H18Cl2N2O2. The molecule has 2 aromatic rings. The van der Waals surface area contributed by atoms with E-state index in [2.05, 4.69) is 5.32 Å². The summed E-state index contributed by atoms with van der Waals surface area (Å²) in [6.07, 6.45) is 2.35. The van der Waals surface area contributed by atoms with Crippen LogP contribution in [0.15, 0.2) is 48.0 Å². The molecule has 0 aliphatic rings. The first kappa shape index (κ1) is 19.8. The van der Waals surface area contributed by atoms with Crippen LogP contribution in [0, 0.1) is 11.3 Å². The standard InChI is InChI=1S/C20H18Cl2N2O2/c1-2-8-24-20(25)16(12-23)9-14-4-3-5-17(10-14)26-13-15-6-7-18(21)19(22)11-15/h3-7,9-11H,2,8,13H2,1H3,(H,24,25). The third kappa shape index (κ3) is 5.80. The van der Waals surface area contributed by atoms with Crippen LogP contribution in [-0.4, -0.2) is 12.5 Å². The molecule has 0 fully saturated rings. The van der Waals surface area contributed by atoms with Crippen molar-refractivity contribution in [2.24, 2.45) is 0 Å². The van der Waals surface area contributed by atoms with Crippen LogP contribution in [0.2, 0.25) is 10.0 Å². The fraction of sp³-hybridized carbons (Fsp3) is 0.200. The van der Waals surface area contributed by atoms with Crippen LogP contribution in [0.1, 0.15) is 24.5 Å². The molecule has 2 aromatic carbocycles. The molecule has 0 radical (unpaired) electrons. The third-order valence-corrected chi connectivity index (χ3v) is 4.20. The summed E-state index contributed by atoms with van der Waals surface area (Å²) in [7, 11) is 0. The molecule has 134 valence electrons. The smallest absolute Gasteiger partial charge is 0.261 e. The lowest BCUT2D eigenvalue weighted by Crippen LogP contribution is -2.25. The molecule has 0 heterocycles. The molecule has 0 atom stereocenters. The maximum atomic E-state index is 11.9. The van der Waals surface area contributed by atoms with Gasteiger partial charge in [-0.05, 0) is 47.9 Å². The van der Waals surface area contributed by atoms with Gasteiger partial charge in [-0.25, -0.2) is 0 Å². The molecule has 26 heavy (non-hydrogen) atoms. The highest BCUT2D eigenvalue weighted by molar-refractivity contribution is 6.42. The predicted molar refractivity (Wildman–Crippen MR) is 104 cm³/mol. The average molecular weight is 389 g/mol. The Morgan fingerprint density at radius 2 is 2.04 bits per heavy atom. The zero-order chi connectivity index (χ0) is 18.9. The van der Waals surface area contributed by atoms with E-state index in [1.165, 1.54) is 6.08 Å². The minimum atomic E-state index is -0.378. The molecule has 4 nitrogen and oxygen atoms in total. The number of nitriles is 1. The van der Waals surface area contributed by atoms with Crippen molar-refractivity contribution in [3.8, 4) is 11.8 Å². The van der Waals surface area contributed by atoms with Gasteiger partial charge in [0, 0.05) is 6.54 Å². The fourth-order valence-corrected chi connectivity index (χ4v) is 2.46. The molecule has 0 spiro atoms. The molecule has 0 unspecified atom stereocenters. The van der Waals surface area contributed by atoms with E-state index in [1.807, 2.05) is 19.1 Å². The fourth-order valence-electron chi connectivity index (χ4n) is 2.14. The summed E-state index contributed by atoms with van der Waals surface area (Å²) in [5.41, 5.74) is 1.65. The number of amides is 1. The number of rotatable bonds is 7. The van der Waals surface area contributed by atoms with Crippen LogP contribution in [-0.2, 0) is 11.4 Å². The van der Waals surface area contributed by atoms with Gasteiger partial charge in [-0.2, -0.15) is 5.26 Å². The van der Waals surface area contributed by atoms with E-state index in [0.29, 0.717) is 34.5 Å². The molecule has 6 heteroatoms. The van der Waals surface area contributed by atoms with E-state index >= 15 is 0 Å². The third-order valence-electron chi connectivity index (χ3n) is 3.46. The molecule has 0 saturated heterocycles. The van der Waals surface area contributed by atoms with Crippen LogP contribution >= 0.6 is 23.2 Å². The van der Waals surface area contributed by atoms with E-state index in [9.17, 15) is 10.1 Å². The Hall–Kier alpha value is -2.48. The highest BCUT2D eigenvalue weighted by atomic mass is 35.5. The van der Waals surface area contributed by atoms with E-state index < -0.39 is 0 Å². The summed E-state index contributed by atoms with van der Waals surface area (Å²) in [5, 5.41) is 12.9. The van der Waals surface area contributed by atoms with E-state index in [4.69, 9.17) is 27.9 Å². The van der Waals surface area contributed by atoms with Crippen LogP contribution in [0.4, 0.5) is 0 Å². The van der Waals surface area contributed by atoms with Crippen LogP contribution in [0.5, 0.6) is 5.75 Å². The summed E-state index contributed by atoms with van der Waals surface area (Å²) in [6.45, 7) is 2.81. The molecule has 2 rings (SSSR count). The van der Waals surface area contributed by atoms with Crippen LogP contribution in [0.25, 0.3) is 6.08 Å². The number of benzene rings is 2. The lowest BCUT2D eigenvalue weighted by atomic mass is 10.1. The number of nitrogens with one attached hydrogen (secondary N) is 1. The van der Waals surface area contributed by atoms with Crippen molar-refractivity contribution in [3.05, 3.63) is 69.2 Å². The second-order valence-electron chi connectivity index (χ2n) is 5.54. The van der Waals surface area contributed by atoms with Crippen molar-refractivity contribution in [2.45, 2.75) is 20.0 Å². The van der Waals surface area contributed by atoms with Crippen molar-refractivity contribution in [1.82, 2.24) is 5.32 Å². The van der Waals surface area contributed by atoms with Gasteiger partial charge in [0.2, 0.25) is 0 Å². The van der Waals surface area contributed by atoms with Gasteiger partial charge in [0.25, 0.3) is 5.91 Å². The highest BCUT2D eigenvalue weighted by Gasteiger charge is 2.08. The lowest BCUT2D eigenvalue weighted by molar-refractivity contribution is -0.117. The van der Waals surface area contributed by atoms with Gasteiger partial charge in [0.1, 0.15) is 24.0 Å². The molecule has 0 bridgehead atoms. The topological polar surface area (TPSA) is 62.1 Å². The second-order valence-corrected chi connectivity index (χ2v) is 6.35. The first-order valence-electron chi connectivity index (χ1n) is 8.10. The number of carbonyl (C=O) groups is 1. The molecule has 0 aromatic heterocycles. The maximum absolute atomic E-state index is 11.9. The average Bonchev–Trinajstić information content (AvgIpc) is 2.65. The van der Waals surface area contributed by atoms with Gasteiger partial charge in [0.05, 0.1) is 10.0 Å². The summed E-state index contributed by atoms with van der Waals surface area (Å²) in [4.78, 5) is 11.9. The summed E-state index contributed by atoms with van der Waals surface area (Å²) < 4.78 is 5.75. The highest BCUT2D eigenvalue weighted by Crippen LogP contribution is 2.24. The number of hydrogen-bond acceptors (Lipinski definition) is 3. The van der Waals surface area contributed by atoms with Crippen molar-refractivity contribution >= 4 is 35.2 Å². The quantitative estimate of drug-likeness (QED) is 0.535. The Balaban J connectivity index is 2.09. The van der Waals surface area contributed by atoms with Gasteiger partial charge < -0.3 is 10.1 Å². The second kappa shape index (κ2) is 9.86. The van der Waals surface area contributed by atoms with Gasteiger partial charge in [-0.15, -0.1) is 0 Å². The Morgan fingerprint density at radius 3 is 2.73 bits per heavy atom. The zero-order valence-electron chi connectivity index (χ0n) is 14.3. The van der Waals surface area contributed by atoms with E-state index in [0.717, 1.165) is 12.0 Å². The van der Waals surface area contributed by atoms with Crippen LogP contribution in [0.3, 0.4) is 0 Å². The molecule has 0 aliphatic carbocycles. The van der Waals surface area contributed by atoms with Gasteiger partial charge >= 0.3 is 0 Å². The lowest BCUT2D eigenvalue weighted by Gasteiger charge is -2.08. The first-order valence-corrected chi connectivity index (χ1v) is 8.86. The molecule has 0 saturated carbocycles. The predicted octanol–water partition coefficient (Wildman–Crippen LogP) is 5.01. The van der Waals surface area contributed by atoms with Crippen molar-refractivity contribution in [2.75, 3.05) is 6.54 Å². The minimum absolute atomic E-state index is 0.0556. The SMILES string of the molecule is CCCNC(=O)C(C#N)=Cc1cccc(OCc2ccc(Cl)c(Cl)c2)c1. The Labute approximate surface area is 163 Å². The summed E-state index contributed by atoms with van der Waals surface area (Å²) >= 11 is 11.9. The molecular weight excluding hydrogens is 371 g/mol. The molecule has 1 N–H and O–H groups in total. The Kier molecular flexibility index (Phi) is 7.53. The van der Waals surface area contributed by atoms with Crippen molar-refractivity contribution in [1.29, 1.82) is 5.26 Å².